The number of benzene rings is 2. The smallest absolute Gasteiger partial charge is 0.251 e. The van der Waals surface area contributed by atoms with E-state index in [2.05, 4.69) is 15.3 Å². The molecule has 0 radical (unpaired) electrons. The third-order valence-electron chi connectivity index (χ3n) is 9.21. The summed E-state index contributed by atoms with van der Waals surface area (Å²) in [5.74, 6) is -5.86. The molecule has 3 heterocycles. The molecule has 2 aliphatic carbocycles. The number of carbonyl (C=O) groups excluding carboxylic acids is 2. The van der Waals surface area contributed by atoms with E-state index in [4.69, 9.17) is 26.8 Å². The molecule has 1 aliphatic heterocycles. The molecule has 2 saturated carbocycles. The van der Waals surface area contributed by atoms with Crippen molar-refractivity contribution in [2.75, 3.05) is 13.2 Å². The average molecular weight is 667 g/mol. The van der Waals surface area contributed by atoms with E-state index in [0.717, 1.165) is 25.0 Å². The Labute approximate surface area is 272 Å². The van der Waals surface area contributed by atoms with E-state index in [1.807, 2.05) is 0 Å². The van der Waals surface area contributed by atoms with Crippen LogP contribution in [0.4, 0.5) is 13.2 Å². The van der Waals surface area contributed by atoms with Crippen molar-refractivity contribution in [2.45, 2.75) is 56.7 Å². The Morgan fingerprint density at radius 2 is 1.87 bits per heavy atom. The Kier molecular flexibility index (Phi) is 7.36. The van der Waals surface area contributed by atoms with Crippen molar-refractivity contribution in [3.05, 3.63) is 81.4 Å². The van der Waals surface area contributed by atoms with Crippen molar-refractivity contribution in [1.29, 1.82) is 0 Å². The van der Waals surface area contributed by atoms with Gasteiger partial charge >= 0.3 is 0 Å². The number of halogens is 4. The molecule has 47 heavy (non-hydrogen) atoms. The molecular weight excluding hydrogens is 637 g/mol. The quantitative estimate of drug-likeness (QED) is 0.204. The van der Waals surface area contributed by atoms with Gasteiger partial charge in [-0.15, -0.1) is 0 Å². The van der Waals surface area contributed by atoms with Crippen LogP contribution < -0.4 is 20.5 Å². The molecule has 4 aromatic rings. The molecule has 0 saturated heterocycles. The molecule has 9 nitrogen and oxygen atoms in total. The van der Waals surface area contributed by atoms with Crippen molar-refractivity contribution >= 4 is 34.3 Å². The van der Waals surface area contributed by atoms with Gasteiger partial charge < -0.3 is 25.6 Å². The van der Waals surface area contributed by atoms with Crippen LogP contribution >= 0.6 is 11.6 Å². The van der Waals surface area contributed by atoms with Gasteiger partial charge in [0, 0.05) is 22.1 Å². The first kappa shape index (κ1) is 31.2. The average Bonchev–Trinajstić information content (AvgIpc) is 3.98. The highest BCUT2D eigenvalue weighted by molar-refractivity contribution is 6.31. The van der Waals surface area contributed by atoms with Crippen molar-refractivity contribution < 1.29 is 37.3 Å². The monoisotopic (exact) mass is 666 g/mol. The van der Waals surface area contributed by atoms with Gasteiger partial charge in [0.1, 0.15) is 40.3 Å². The summed E-state index contributed by atoms with van der Waals surface area (Å²) in [6, 6.07) is 8.14. The zero-order chi connectivity index (χ0) is 33.4. The first-order chi connectivity index (χ1) is 22.3. The van der Waals surface area contributed by atoms with Crippen LogP contribution in [0.25, 0.3) is 22.2 Å². The number of ether oxygens (including phenoxy) is 2. The second-order valence-corrected chi connectivity index (χ2v) is 13.1. The topological polar surface area (TPSA) is 137 Å². The number of nitrogens with two attached hydrogens (primary N) is 1. The van der Waals surface area contributed by atoms with E-state index in [9.17, 15) is 23.5 Å². The number of carbonyl (C=O) groups is 2. The van der Waals surface area contributed by atoms with E-state index >= 15 is 4.39 Å². The summed E-state index contributed by atoms with van der Waals surface area (Å²) < 4.78 is 55.2. The van der Waals surface area contributed by atoms with Crippen LogP contribution in [-0.4, -0.2) is 46.1 Å². The largest absolute Gasteiger partial charge is 0.489 e. The third kappa shape index (κ3) is 5.33. The van der Waals surface area contributed by atoms with Crippen LogP contribution in [0, 0.1) is 30.3 Å². The summed E-state index contributed by atoms with van der Waals surface area (Å²) >= 11 is 6.34. The van der Waals surface area contributed by atoms with Gasteiger partial charge in [0.2, 0.25) is 5.91 Å². The molecule has 3 aliphatic rings. The number of aromatic nitrogens is 2. The lowest BCUT2D eigenvalue weighted by atomic mass is 9.81. The van der Waals surface area contributed by atoms with Gasteiger partial charge in [-0.05, 0) is 81.8 Å². The SMILES string of the molecule is Cc1nc2c(OC3CC3)cc(C(=O)NCC(O)(c3cc4c(c(-c5ccc(F)c(F)c5F)n3)OC[C@]4(C)C(N)=O)C3CC3)cc2cc1Cl. The van der Waals surface area contributed by atoms with E-state index in [1.165, 1.54) is 13.0 Å². The maximum atomic E-state index is 15.1. The lowest BCUT2D eigenvalue weighted by Gasteiger charge is -2.30. The number of hydrogen-bond acceptors (Lipinski definition) is 7. The van der Waals surface area contributed by atoms with E-state index in [0.29, 0.717) is 40.2 Å². The van der Waals surface area contributed by atoms with E-state index in [1.54, 1.807) is 25.1 Å². The molecule has 13 heteroatoms. The Balaban J connectivity index is 1.28. The molecule has 2 atom stereocenters. The highest BCUT2D eigenvalue weighted by atomic mass is 35.5. The molecule has 4 N–H and O–H groups in total. The summed E-state index contributed by atoms with van der Waals surface area (Å²) in [5, 5.41) is 16.0. The predicted octanol–water partition coefficient (Wildman–Crippen LogP) is 5.38. The minimum Gasteiger partial charge on any atom is -0.489 e. The second-order valence-electron chi connectivity index (χ2n) is 12.7. The zero-order valence-corrected chi connectivity index (χ0v) is 26.2. The summed E-state index contributed by atoms with van der Waals surface area (Å²) in [6.07, 6.45) is 2.99. The number of hydrogen-bond donors (Lipinski definition) is 3. The van der Waals surface area contributed by atoms with E-state index < -0.39 is 45.8 Å². The number of amides is 2. The molecule has 2 amide bonds. The van der Waals surface area contributed by atoms with Crippen molar-refractivity contribution in [3.63, 3.8) is 0 Å². The first-order valence-corrected chi connectivity index (χ1v) is 15.6. The third-order valence-corrected chi connectivity index (χ3v) is 9.60. The van der Waals surface area contributed by atoms with E-state index in [-0.39, 0.29) is 53.4 Å². The van der Waals surface area contributed by atoms with Crippen LogP contribution in [0.2, 0.25) is 5.02 Å². The lowest BCUT2D eigenvalue weighted by molar-refractivity contribution is -0.123. The van der Waals surface area contributed by atoms with Gasteiger partial charge in [-0.25, -0.2) is 23.1 Å². The molecule has 0 bridgehead atoms. The van der Waals surface area contributed by atoms with Crippen molar-refractivity contribution in [3.8, 4) is 22.8 Å². The van der Waals surface area contributed by atoms with Crippen molar-refractivity contribution in [2.24, 2.45) is 11.7 Å². The number of fused-ring (bicyclic) bond motifs is 2. The number of nitrogens with zero attached hydrogens (tertiary/aromatic N) is 2. The minimum atomic E-state index is -1.80. The highest BCUT2D eigenvalue weighted by Crippen LogP contribution is 2.50. The van der Waals surface area contributed by atoms with Gasteiger partial charge in [-0.1, -0.05) is 11.6 Å². The van der Waals surface area contributed by atoms with Gasteiger partial charge in [-0.3, -0.25) is 9.59 Å². The Morgan fingerprint density at radius 1 is 1.13 bits per heavy atom. The number of rotatable bonds is 9. The Hall–Kier alpha value is -4.42. The molecule has 7 rings (SSSR count). The molecule has 2 fully saturated rings. The molecule has 0 spiro atoms. The summed E-state index contributed by atoms with van der Waals surface area (Å²) in [7, 11) is 0. The van der Waals surface area contributed by atoms with Crippen LogP contribution in [0.1, 0.15) is 59.9 Å². The zero-order valence-electron chi connectivity index (χ0n) is 25.4. The van der Waals surface area contributed by atoms with Crippen LogP contribution in [-0.2, 0) is 15.8 Å². The van der Waals surface area contributed by atoms with Crippen molar-refractivity contribution in [1.82, 2.24) is 15.3 Å². The maximum Gasteiger partial charge on any atom is 0.251 e. The van der Waals surface area contributed by atoms with Gasteiger partial charge in [0.25, 0.3) is 5.91 Å². The fraction of sp³-hybridized carbons (Fsp3) is 0.353. The first-order valence-electron chi connectivity index (χ1n) is 15.2. The summed E-state index contributed by atoms with van der Waals surface area (Å²) in [5.41, 5.74) is 3.50. The number of nitrogens with one attached hydrogen (secondary N) is 1. The number of aryl methyl sites for hydroxylation is 1. The molecule has 2 aromatic carbocycles. The van der Waals surface area contributed by atoms with Crippen LogP contribution in [0.3, 0.4) is 0 Å². The lowest BCUT2D eigenvalue weighted by Crippen LogP contribution is -2.44. The minimum absolute atomic E-state index is 0.0149. The molecule has 2 aromatic heterocycles. The fourth-order valence-corrected chi connectivity index (χ4v) is 6.09. The molecule has 244 valence electrons. The van der Waals surface area contributed by atoms with Gasteiger partial charge in [0.15, 0.2) is 17.5 Å². The second kappa shape index (κ2) is 11.1. The number of aliphatic hydroxyl groups is 1. The molecular formula is C34H30ClF3N4O5. The number of pyridine rings is 2. The van der Waals surface area contributed by atoms with Gasteiger partial charge in [-0.2, -0.15) is 0 Å². The fourth-order valence-electron chi connectivity index (χ4n) is 5.93. The normalized spacial score (nSPS) is 20.0. The predicted molar refractivity (Wildman–Crippen MR) is 166 cm³/mol. The molecule has 1 unspecified atom stereocenters. The Morgan fingerprint density at radius 3 is 2.55 bits per heavy atom. The van der Waals surface area contributed by atoms with Crippen LogP contribution in [0.15, 0.2) is 36.4 Å². The standard InChI is InChI=1S/C34H30ClF3N4O5/c1-15-22(35)10-16-9-17(11-24(28(16)41-15)47-19-5-6-19)31(43)40-13-34(45,18-3-4-18)25-12-21-30(46-14-33(21,2)32(39)44)29(42-25)20-7-8-23(36)27(38)26(20)37/h7-12,18-19,45H,3-6,13-14H2,1-2H3,(H2,39,44)(H,40,43)/t33-,34?/m0/s1. The summed E-state index contributed by atoms with van der Waals surface area (Å²) in [4.78, 5) is 35.3. The number of primary amides is 1. The Bertz CT molecular complexity index is 2000. The maximum absolute atomic E-state index is 15.1. The van der Waals surface area contributed by atoms with Gasteiger partial charge in [0.05, 0.1) is 29.1 Å². The van der Waals surface area contributed by atoms with Crippen LogP contribution in [0.5, 0.6) is 11.5 Å². The highest BCUT2D eigenvalue weighted by Gasteiger charge is 2.50. The summed E-state index contributed by atoms with van der Waals surface area (Å²) in [6.45, 7) is 2.77.